The van der Waals surface area contributed by atoms with E-state index in [1.54, 1.807) is 7.11 Å². The predicted molar refractivity (Wildman–Crippen MR) is 72.7 cm³/mol. The van der Waals surface area contributed by atoms with Crippen molar-refractivity contribution in [3.05, 3.63) is 0 Å². The summed E-state index contributed by atoms with van der Waals surface area (Å²) in [6, 6.07) is 0.0516. The Morgan fingerprint density at radius 3 is 2.44 bits per heavy atom. The van der Waals surface area contributed by atoms with Crippen molar-refractivity contribution in [2.24, 2.45) is 5.73 Å². The molecule has 1 heterocycles. The fourth-order valence-corrected chi connectivity index (χ4v) is 2.49. The molecule has 0 saturated carbocycles. The van der Waals surface area contributed by atoms with Crippen molar-refractivity contribution in [2.75, 3.05) is 26.9 Å². The van der Waals surface area contributed by atoms with E-state index in [1.165, 1.54) is 0 Å². The van der Waals surface area contributed by atoms with Gasteiger partial charge in [-0.1, -0.05) is 0 Å². The molecule has 0 amide bonds. The Bertz CT molecular complexity index is 232. The molecule has 2 N–H and O–H groups in total. The molecule has 0 bridgehead atoms. The highest BCUT2D eigenvalue weighted by Gasteiger charge is 2.39. The minimum absolute atomic E-state index is 0.0516. The summed E-state index contributed by atoms with van der Waals surface area (Å²) in [5, 5.41) is 0. The first-order valence-corrected chi connectivity index (χ1v) is 6.98. The molecule has 1 rings (SSSR count). The highest BCUT2D eigenvalue weighted by atomic mass is 16.5. The van der Waals surface area contributed by atoms with Crippen LogP contribution in [0.1, 0.15) is 46.5 Å². The maximum Gasteiger partial charge on any atom is 0.0876 e. The molecule has 18 heavy (non-hydrogen) atoms. The second-order valence-corrected chi connectivity index (χ2v) is 5.72. The van der Waals surface area contributed by atoms with Crippen LogP contribution < -0.4 is 5.73 Å². The van der Waals surface area contributed by atoms with E-state index in [4.69, 9.17) is 19.9 Å². The Hall–Kier alpha value is -0.160. The van der Waals surface area contributed by atoms with E-state index >= 15 is 0 Å². The van der Waals surface area contributed by atoms with E-state index in [0.717, 1.165) is 38.9 Å². The lowest BCUT2D eigenvalue weighted by molar-refractivity contribution is -0.124. The van der Waals surface area contributed by atoms with Crippen LogP contribution in [-0.2, 0) is 14.2 Å². The molecule has 4 heteroatoms. The Balaban J connectivity index is 2.56. The summed E-state index contributed by atoms with van der Waals surface area (Å²) in [7, 11) is 1.75. The summed E-state index contributed by atoms with van der Waals surface area (Å²) in [5.74, 6) is 0. The molecule has 1 fully saturated rings. The largest absolute Gasteiger partial charge is 0.381 e. The van der Waals surface area contributed by atoms with Crippen molar-refractivity contribution < 1.29 is 14.2 Å². The minimum Gasteiger partial charge on any atom is -0.381 e. The Morgan fingerprint density at radius 1 is 1.33 bits per heavy atom. The lowest BCUT2D eigenvalue weighted by atomic mass is 9.82. The van der Waals surface area contributed by atoms with Gasteiger partial charge in [0.05, 0.1) is 11.2 Å². The average Bonchev–Trinajstić information content (AvgIpc) is 2.37. The molecule has 0 aromatic rings. The zero-order valence-electron chi connectivity index (χ0n) is 12.3. The number of ether oxygens (including phenoxy) is 3. The quantitative estimate of drug-likeness (QED) is 0.761. The highest BCUT2D eigenvalue weighted by molar-refractivity contribution is 4.94. The first-order chi connectivity index (χ1) is 8.46. The van der Waals surface area contributed by atoms with Crippen LogP contribution in [-0.4, -0.2) is 44.2 Å². The number of hydrogen-bond acceptors (Lipinski definition) is 4. The summed E-state index contributed by atoms with van der Waals surface area (Å²) in [6.07, 6.45) is 3.66. The van der Waals surface area contributed by atoms with Gasteiger partial charge in [-0.3, -0.25) is 0 Å². The van der Waals surface area contributed by atoms with Crippen molar-refractivity contribution in [1.29, 1.82) is 0 Å². The molecule has 1 unspecified atom stereocenters. The average molecular weight is 259 g/mol. The van der Waals surface area contributed by atoms with E-state index in [0.29, 0.717) is 6.61 Å². The van der Waals surface area contributed by atoms with Gasteiger partial charge in [0, 0.05) is 45.8 Å². The van der Waals surface area contributed by atoms with Gasteiger partial charge < -0.3 is 19.9 Å². The zero-order chi connectivity index (χ0) is 13.6. The van der Waals surface area contributed by atoms with Gasteiger partial charge in [0.1, 0.15) is 0 Å². The maximum absolute atomic E-state index is 6.40. The molecular formula is C14H29NO3. The van der Waals surface area contributed by atoms with Crippen molar-refractivity contribution in [3.63, 3.8) is 0 Å². The van der Waals surface area contributed by atoms with Crippen LogP contribution in [0.15, 0.2) is 0 Å². The minimum atomic E-state index is -0.198. The van der Waals surface area contributed by atoms with Crippen LogP contribution >= 0.6 is 0 Å². The van der Waals surface area contributed by atoms with Crippen molar-refractivity contribution in [1.82, 2.24) is 0 Å². The van der Waals surface area contributed by atoms with E-state index in [-0.39, 0.29) is 17.2 Å². The van der Waals surface area contributed by atoms with Gasteiger partial charge in [-0.05, 0) is 33.6 Å². The number of methoxy groups -OCH3 is 1. The third kappa shape index (κ3) is 4.19. The molecule has 108 valence electrons. The smallest absolute Gasteiger partial charge is 0.0876 e. The fourth-order valence-electron chi connectivity index (χ4n) is 2.49. The molecule has 1 aliphatic heterocycles. The molecule has 0 aliphatic carbocycles. The topological polar surface area (TPSA) is 53.7 Å². The molecule has 0 aromatic heterocycles. The molecule has 1 saturated heterocycles. The Labute approximate surface area is 111 Å². The highest BCUT2D eigenvalue weighted by Crippen LogP contribution is 2.31. The first-order valence-electron chi connectivity index (χ1n) is 6.98. The molecule has 0 aromatic carbocycles. The third-order valence-corrected chi connectivity index (χ3v) is 4.06. The summed E-state index contributed by atoms with van der Waals surface area (Å²) in [4.78, 5) is 0. The number of nitrogens with two attached hydrogens (primary N) is 1. The standard InChI is InChI=1S/C14H29NO3/c1-5-18-14(8-10-17-11-9-14)12(15)6-7-13(2,3)16-4/h12H,5-11,15H2,1-4H3. The van der Waals surface area contributed by atoms with Crippen molar-refractivity contribution in [2.45, 2.75) is 63.7 Å². The van der Waals surface area contributed by atoms with Crippen LogP contribution in [0.25, 0.3) is 0 Å². The van der Waals surface area contributed by atoms with Crippen LogP contribution in [0.3, 0.4) is 0 Å². The lowest BCUT2D eigenvalue weighted by Crippen LogP contribution is -2.54. The van der Waals surface area contributed by atoms with Gasteiger partial charge in [-0.25, -0.2) is 0 Å². The second kappa shape index (κ2) is 6.85. The van der Waals surface area contributed by atoms with Gasteiger partial charge in [-0.2, -0.15) is 0 Å². The van der Waals surface area contributed by atoms with Crippen LogP contribution in [0.4, 0.5) is 0 Å². The molecule has 1 aliphatic rings. The van der Waals surface area contributed by atoms with Crippen LogP contribution in [0.5, 0.6) is 0 Å². The third-order valence-electron chi connectivity index (χ3n) is 4.06. The van der Waals surface area contributed by atoms with Gasteiger partial charge in [0.2, 0.25) is 0 Å². The van der Waals surface area contributed by atoms with Crippen molar-refractivity contribution >= 4 is 0 Å². The van der Waals surface area contributed by atoms with Crippen LogP contribution in [0.2, 0.25) is 0 Å². The summed E-state index contributed by atoms with van der Waals surface area (Å²) >= 11 is 0. The Morgan fingerprint density at radius 2 is 1.94 bits per heavy atom. The van der Waals surface area contributed by atoms with Crippen LogP contribution in [0, 0.1) is 0 Å². The molecule has 0 spiro atoms. The SMILES string of the molecule is CCOC1(C(N)CCC(C)(C)OC)CCOCC1. The van der Waals surface area contributed by atoms with Crippen molar-refractivity contribution in [3.8, 4) is 0 Å². The number of rotatable bonds is 7. The first kappa shape index (κ1) is 15.9. The van der Waals surface area contributed by atoms with Gasteiger partial charge in [0.25, 0.3) is 0 Å². The summed E-state index contributed by atoms with van der Waals surface area (Å²) < 4.78 is 16.9. The zero-order valence-corrected chi connectivity index (χ0v) is 12.3. The normalized spacial score (nSPS) is 21.8. The van der Waals surface area contributed by atoms with E-state index in [2.05, 4.69) is 13.8 Å². The van der Waals surface area contributed by atoms with E-state index in [9.17, 15) is 0 Å². The Kier molecular flexibility index (Phi) is 6.05. The fraction of sp³-hybridized carbons (Fsp3) is 1.00. The van der Waals surface area contributed by atoms with Gasteiger partial charge in [0.15, 0.2) is 0 Å². The molecule has 4 nitrogen and oxygen atoms in total. The second-order valence-electron chi connectivity index (χ2n) is 5.72. The monoisotopic (exact) mass is 259 g/mol. The van der Waals surface area contributed by atoms with Gasteiger partial charge in [-0.15, -0.1) is 0 Å². The van der Waals surface area contributed by atoms with E-state index in [1.807, 2.05) is 6.92 Å². The van der Waals surface area contributed by atoms with Gasteiger partial charge >= 0.3 is 0 Å². The van der Waals surface area contributed by atoms with E-state index < -0.39 is 0 Å². The summed E-state index contributed by atoms with van der Waals surface area (Å²) in [5.41, 5.74) is 6.08. The lowest BCUT2D eigenvalue weighted by Gasteiger charge is -2.42. The predicted octanol–water partition coefficient (Wildman–Crippen LogP) is 2.10. The molecular weight excluding hydrogens is 230 g/mol. The number of hydrogen-bond donors (Lipinski definition) is 1. The summed E-state index contributed by atoms with van der Waals surface area (Å²) in [6.45, 7) is 8.43. The molecule has 1 atom stereocenters. The molecule has 0 radical (unpaired) electrons. The maximum atomic E-state index is 6.40.